The van der Waals surface area contributed by atoms with E-state index in [-0.39, 0.29) is 5.79 Å². The topological polar surface area (TPSA) is 33.7 Å². The fourth-order valence-electron chi connectivity index (χ4n) is 2.57. The number of nitrogens with one attached hydrogen (secondary N) is 1. The van der Waals surface area contributed by atoms with E-state index in [2.05, 4.69) is 22.4 Å². The van der Waals surface area contributed by atoms with Gasteiger partial charge >= 0.3 is 0 Å². The van der Waals surface area contributed by atoms with Crippen molar-refractivity contribution in [2.75, 3.05) is 32.8 Å². The van der Waals surface area contributed by atoms with Crippen LogP contribution in [-0.2, 0) is 9.47 Å². The van der Waals surface area contributed by atoms with Gasteiger partial charge < -0.3 is 19.7 Å². The number of hydrogen-bond donors (Lipinski definition) is 1. The van der Waals surface area contributed by atoms with E-state index in [1.165, 1.54) is 5.70 Å². The summed E-state index contributed by atoms with van der Waals surface area (Å²) in [7, 11) is 0. The van der Waals surface area contributed by atoms with Gasteiger partial charge in [-0.3, -0.25) is 0 Å². The monoisotopic (exact) mass is 222 g/mol. The predicted octanol–water partition coefficient (Wildman–Crippen LogP) is 0.826. The van der Waals surface area contributed by atoms with Crippen molar-refractivity contribution in [1.82, 2.24) is 10.2 Å². The second-order valence-corrected chi connectivity index (χ2v) is 4.47. The molecule has 4 heteroatoms. The Balaban J connectivity index is 1.61. The number of likely N-dealkylation sites (tertiary alicyclic amines) is 1. The highest BCUT2D eigenvalue weighted by Gasteiger charge is 2.39. The Morgan fingerprint density at radius 1 is 1.19 bits per heavy atom. The van der Waals surface area contributed by atoms with Crippen molar-refractivity contribution in [2.45, 2.75) is 18.6 Å². The molecule has 0 atom stereocenters. The zero-order valence-corrected chi connectivity index (χ0v) is 9.45. The molecule has 16 heavy (non-hydrogen) atoms. The molecule has 3 aliphatic rings. The summed E-state index contributed by atoms with van der Waals surface area (Å²) in [5.41, 5.74) is 1.33. The van der Waals surface area contributed by atoms with Crippen LogP contribution in [0, 0.1) is 0 Å². The van der Waals surface area contributed by atoms with Crippen LogP contribution in [0.1, 0.15) is 12.8 Å². The molecule has 0 radical (unpaired) electrons. The molecular formula is C12H18N2O2. The minimum Gasteiger partial charge on any atom is -0.387 e. The molecule has 0 bridgehead atoms. The molecule has 0 saturated carbocycles. The lowest BCUT2D eigenvalue weighted by Crippen LogP contribution is -2.44. The number of piperidine rings is 1. The number of rotatable bonds is 1. The summed E-state index contributed by atoms with van der Waals surface area (Å²) < 4.78 is 11.4. The molecule has 0 aromatic heterocycles. The van der Waals surface area contributed by atoms with Gasteiger partial charge in [0.25, 0.3) is 0 Å². The first-order chi connectivity index (χ1) is 7.88. The first-order valence-corrected chi connectivity index (χ1v) is 6.01. The van der Waals surface area contributed by atoms with E-state index in [1.807, 2.05) is 6.20 Å². The van der Waals surface area contributed by atoms with Crippen LogP contribution in [0.3, 0.4) is 0 Å². The van der Waals surface area contributed by atoms with Gasteiger partial charge in [0.1, 0.15) is 0 Å². The van der Waals surface area contributed by atoms with Crippen LogP contribution in [0.4, 0.5) is 0 Å². The molecular weight excluding hydrogens is 204 g/mol. The number of dihydropyridines is 1. The molecule has 4 nitrogen and oxygen atoms in total. The zero-order chi connectivity index (χ0) is 10.8. The lowest BCUT2D eigenvalue weighted by atomic mass is 10.0. The summed E-state index contributed by atoms with van der Waals surface area (Å²) in [6, 6.07) is 0. The van der Waals surface area contributed by atoms with E-state index in [0.29, 0.717) is 0 Å². The summed E-state index contributed by atoms with van der Waals surface area (Å²) in [6.45, 7) is 4.49. The molecule has 3 heterocycles. The van der Waals surface area contributed by atoms with Gasteiger partial charge in [-0.1, -0.05) is 0 Å². The Hall–Kier alpha value is -1.00. The maximum absolute atomic E-state index is 5.72. The van der Waals surface area contributed by atoms with Crippen LogP contribution in [0.25, 0.3) is 0 Å². The summed E-state index contributed by atoms with van der Waals surface area (Å²) in [4.78, 5) is 2.41. The van der Waals surface area contributed by atoms with E-state index in [4.69, 9.17) is 9.47 Å². The SMILES string of the molecule is C1=CC(N2CCC3(CC2)OCCO3)=CCN1. The Kier molecular flexibility index (Phi) is 2.61. The third-order valence-electron chi connectivity index (χ3n) is 3.50. The molecule has 1 N–H and O–H groups in total. The lowest BCUT2D eigenvalue weighted by Gasteiger charge is -2.39. The highest BCUT2D eigenvalue weighted by atomic mass is 16.7. The van der Waals surface area contributed by atoms with Crippen molar-refractivity contribution in [1.29, 1.82) is 0 Å². The van der Waals surface area contributed by atoms with Crippen molar-refractivity contribution < 1.29 is 9.47 Å². The molecule has 2 fully saturated rings. The van der Waals surface area contributed by atoms with Gasteiger partial charge in [-0.25, -0.2) is 0 Å². The fraction of sp³-hybridized carbons (Fsp3) is 0.667. The van der Waals surface area contributed by atoms with Crippen molar-refractivity contribution in [2.24, 2.45) is 0 Å². The van der Waals surface area contributed by atoms with Crippen molar-refractivity contribution in [3.05, 3.63) is 24.0 Å². The van der Waals surface area contributed by atoms with E-state index in [9.17, 15) is 0 Å². The van der Waals surface area contributed by atoms with Crippen LogP contribution < -0.4 is 5.32 Å². The van der Waals surface area contributed by atoms with Gasteiger partial charge in [0.2, 0.25) is 0 Å². The van der Waals surface area contributed by atoms with Gasteiger partial charge in [0.15, 0.2) is 5.79 Å². The smallest absolute Gasteiger partial charge is 0.171 e. The average Bonchev–Trinajstić information content (AvgIpc) is 2.80. The van der Waals surface area contributed by atoms with E-state index >= 15 is 0 Å². The van der Waals surface area contributed by atoms with Crippen molar-refractivity contribution in [3.63, 3.8) is 0 Å². The molecule has 88 valence electrons. The predicted molar refractivity (Wildman–Crippen MR) is 60.7 cm³/mol. The second-order valence-electron chi connectivity index (χ2n) is 4.47. The van der Waals surface area contributed by atoms with Crippen LogP contribution in [0.5, 0.6) is 0 Å². The molecule has 0 aromatic carbocycles. The summed E-state index contributed by atoms with van der Waals surface area (Å²) in [5, 5.41) is 3.17. The third kappa shape index (κ3) is 1.83. The van der Waals surface area contributed by atoms with Crippen LogP contribution in [-0.4, -0.2) is 43.5 Å². The Morgan fingerprint density at radius 2 is 1.94 bits per heavy atom. The minimum atomic E-state index is -0.256. The number of allylic oxidation sites excluding steroid dienone is 1. The third-order valence-corrected chi connectivity index (χ3v) is 3.50. The Labute approximate surface area is 95.9 Å². The minimum absolute atomic E-state index is 0.256. The van der Waals surface area contributed by atoms with Gasteiger partial charge in [0.05, 0.1) is 13.2 Å². The van der Waals surface area contributed by atoms with Crippen LogP contribution in [0.2, 0.25) is 0 Å². The van der Waals surface area contributed by atoms with Gasteiger partial charge in [-0.15, -0.1) is 0 Å². The second kappa shape index (κ2) is 4.11. The van der Waals surface area contributed by atoms with Crippen LogP contribution >= 0.6 is 0 Å². The maximum Gasteiger partial charge on any atom is 0.171 e. The lowest BCUT2D eigenvalue weighted by molar-refractivity contribution is -0.182. The van der Waals surface area contributed by atoms with Crippen LogP contribution in [0.15, 0.2) is 24.0 Å². The van der Waals surface area contributed by atoms with E-state index in [0.717, 1.165) is 45.7 Å². The first kappa shape index (κ1) is 10.2. The molecule has 2 saturated heterocycles. The first-order valence-electron chi connectivity index (χ1n) is 6.01. The largest absolute Gasteiger partial charge is 0.387 e. The molecule has 0 aliphatic carbocycles. The number of ether oxygens (including phenoxy) is 2. The van der Waals surface area contributed by atoms with Crippen molar-refractivity contribution in [3.8, 4) is 0 Å². The van der Waals surface area contributed by atoms with E-state index in [1.54, 1.807) is 0 Å². The standard InChI is InChI=1S/C12H18N2O2/c1-5-13-6-2-11(1)14-7-3-12(4-8-14)15-9-10-16-12/h1-2,5,13H,3-4,6-10H2. The highest BCUT2D eigenvalue weighted by Crippen LogP contribution is 2.32. The molecule has 0 aromatic rings. The molecule has 0 unspecified atom stereocenters. The maximum atomic E-state index is 5.72. The normalized spacial score (nSPS) is 28.0. The van der Waals surface area contributed by atoms with Crippen molar-refractivity contribution >= 4 is 0 Å². The van der Waals surface area contributed by atoms with Gasteiger partial charge in [-0.05, 0) is 18.4 Å². The summed E-state index contributed by atoms with van der Waals surface area (Å²) in [5.74, 6) is -0.256. The fourth-order valence-corrected chi connectivity index (χ4v) is 2.57. The summed E-state index contributed by atoms with van der Waals surface area (Å²) in [6.07, 6.45) is 8.34. The highest BCUT2D eigenvalue weighted by molar-refractivity contribution is 5.21. The van der Waals surface area contributed by atoms with E-state index < -0.39 is 0 Å². The Morgan fingerprint density at radius 3 is 2.56 bits per heavy atom. The van der Waals surface area contributed by atoms with Gasteiger partial charge in [0, 0.05) is 38.2 Å². The molecule has 0 amide bonds. The summed E-state index contributed by atoms with van der Waals surface area (Å²) >= 11 is 0. The quantitative estimate of drug-likeness (QED) is 0.712. The Bertz CT molecular complexity index is 309. The molecule has 1 spiro atoms. The number of hydrogen-bond acceptors (Lipinski definition) is 4. The van der Waals surface area contributed by atoms with Gasteiger partial charge in [-0.2, -0.15) is 0 Å². The number of nitrogens with zero attached hydrogens (tertiary/aromatic N) is 1. The zero-order valence-electron chi connectivity index (χ0n) is 9.45. The molecule has 3 rings (SSSR count). The molecule has 3 aliphatic heterocycles. The average molecular weight is 222 g/mol.